The van der Waals surface area contributed by atoms with Crippen molar-refractivity contribution in [1.82, 2.24) is 0 Å². The number of halogens is 1. The van der Waals surface area contributed by atoms with E-state index in [0.717, 1.165) is 9.13 Å². The summed E-state index contributed by atoms with van der Waals surface area (Å²) >= 11 is 1.98. The highest BCUT2D eigenvalue weighted by Crippen LogP contribution is 2.39. The van der Waals surface area contributed by atoms with E-state index in [-0.39, 0.29) is 28.6 Å². The zero-order valence-electron chi connectivity index (χ0n) is 12.8. The summed E-state index contributed by atoms with van der Waals surface area (Å²) in [5, 5.41) is 29.1. The molecule has 0 aliphatic heterocycles. The van der Waals surface area contributed by atoms with Gasteiger partial charge in [-0.3, -0.25) is 10.1 Å². The number of nitro benzene ring substituents is 1. The van der Waals surface area contributed by atoms with Gasteiger partial charge in [0.25, 0.3) is 5.69 Å². The molecule has 124 valence electrons. The van der Waals surface area contributed by atoms with Crippen molar-refractivity contribution in [3.8, 4) is 11.5 Å². The number of methoxy groups -OCH3 is 1. The van der Waals surface area contributed by atoms with Crippen molar-refractivity contribution in [3.63, 3.8) is 0 Å². The molecule has 0 amide bonds. The number of nitrogens with zero attached hydrogens (tertiary/aromatic N) is 3. The maximum Gasteiger partial charge on any atom is 0.297 e. The minimum atomic E-state index is -0.523. The number of benzene rings is 2. The molecule has 0 heterocycles. The Labute approximate surface area is 152 Å². The van der Waals surface area contributed by atoms with Crippen LogP contribution in [0, 0.1) is 13.7 Å². The number of phenolic OH excluding ortho intramolecular Hbond substituents is 1. The Morgan fingerprint density at radius 3 is 2.67 bits per heavy atom. The van der Waals surface area contributed by atoms with E-state index in [2.05, 4.69) is 16.8 Å². The first kappa shape index (κ1) is 17.9. The molecule has 0 atom stereocenters. The summed E-state index contributed by atoms with van der Waals surface area (Å²) in [6.45, 7) is 3.66. The van der Waals surface area contributed by atoms with Gasteiger partial charge in [-0.2, -0.15) is 0 Å². The number of hydrogen-bond donors (Lipinski definition) is 1. The molecule has 0 bridgehead atoms. The van der Waals surface area contributed by atoms with E-state index in [1.165, 1.54) is 19.2 Å². The SMILES string of the molecule is C=CCc1cc(N=Nc2ccc(I)cc2[N+](=O)[O-])c(O)c(OC)c1. The second-order valence-electron chi connectivity index (χ2n) is 4.75. The standard InChI is InChI=1S/C16H14IN3O4/c1-3-4-10-7-13(16(21)15(8-10)24-2)19-18-12-6-5-11(17)9-14(12)20(22)23/h3,5-9,21H,1,4H2,2H3. The van der Waals surface area contributed by atoms with Crippen LogP contribution in [0.2, 0.25) is 0 Å². The van der Waals surface area contributed by atoms with Gasteiger partial charge >= 0.3 is 0 Å². The number of phenols is 1. The molecule has 0 aliphatic rings. The summed E-state index contributed by atoms with van der Waals surface area (Å²) in [6, 6.07) is 7.90. The summed E-state index contributed by atoms with van der Waals surface area (Å²) in [4.78, 5) is 10.6. The van der Waals surface area contributed by atoms with Crippen molar-refractivity contribution < 1.29 is 14.8 Å². The molecule has 1 N–H and O–H groups in total. The van der Waals surface area contributed by atoms with Crippen molar-refractivity contribution in [1.29, 1.82) is 0 Å². The predicted molar refractivity (Wildman–Crippen MR) is 98.5 cm³/mol. The maximum atomic E-state index is 11.1. The van der Waals surface area contributed by atoms with Crippen LogP contribution >= 0.6 is 22.6 Å². The molecule has 2 aromatic rings. The van der Waals surface area contributed by atoms with Gasteiger partial charge in [0, 0.05) is 9.64 Å². The van der Waals surface area contributed by atoms with Crippen molar-refractivity contribution in [2.45, 2.75) is 6.42 Å². The number of azo groups is 1. The van der Waals surface area contributed by atoms with E-state index in [0.29, 0.717) is 6.42 Å². The van der Waals surface area contributed by atoms with Crippen molar-refractivity contribution in [2.24, 2.45) is 10.2 Å². The van der Waals surface area contributed by atoms with Crippen LogP contribution < -0.4 is 4.74 Å². The van der Waals surface area contributed by atoms with Gasteiger partial charge < -0.3 is 9.84 Å². The van der Waals surface area contributed by atoms with Gasteiger partial charge in [0.15, 0.2) is 17.2 Å². The molecular weight excluding hydrogens is 425 g/mol. The van der Waals surface area contributed by atoms with Crippen LogP contribution in [0.3, 0.4) is 0 Å². The topological polar surface area (TPSA) is 97.3 Å². The van der Waals surface area contributed by atoms with Crippen LogP contribution in [-0.4, -0.2) is 17.1 Å². The lowest BCUT2D eigenvalue weighted by Gasteiger charge is -2.08. The monoisotopic (exact) mass is 439 g/mol. The fourth-order valence-corrected chi connectivity index (χ4v) is 2.47. The largest absolute Gasteiger partial charge is 0.503 e. The Hall–Kier alpha value is -2.49. The molecule has 0 saturated heterocycles. The summed E-state index contributed by atoms with van der Waals surface area (Å²) < 4.78 is 5.83. The number of aromatic hydroxyl groups is 1. The Balaban J connectivity index is 2.47. The Morgan fingerprint density at radius 2 is 2.04 bits per heavy atom. The Kier molecular flexibility index (Phi) is 5.85. The van der Waals surface area contributed by atoms with Gasteiger partial charge in [0.05, 0.1) is 12.0 Å². The predicted octanol–water partition coefficient (Wildman–Crippen LogP) is 5.06. The molecule has 0 unspecified atom stereocenters. The van der Waals surface area contributed by atoms with E-state index in [9.17, 15) is 15.2 Å². The van der Waals surface area contributed by atoms with Gasteiger partial charge in [-0.05, 0) is 58.8 Å². The van der Waals surface area contributed by atoms with Crippen molar-refractivity contribution >= 4 is 39.7 Å². The Morgan fingerprint density at radius 1 is 1.33 bits per heavy atom. The third-order valence-electron chi connectivity index (χ3n) is 3.11. The first-order chi connectivity index (χ1) is 11.5. The summed E-state index contributed by atoms with van der Waals surface area (Å²) in [5.41, 5.74) is 0.942. The molecule has 0 aliphatic carbocycles. The van der Waals surface area contributed by atoms with E-state index in [1.54, 1.807) is 24.3 Å². The third kappa shape index (κ3) is 4.07. The highest BCUT2D eigenvalue weighted by atomic mass is 127. The zero-order chi connectivity index (χ0) is 17.7. The van der Waals surface area contributed by atoms with Gasteiger partial charge in [-0.1, -0.05) is 6.08 Å². The first-order valence-electron chi connectivity index (χ1n) is 6.82. The number of rotatable bonds is 6. The lowest BCUT2D eigenvalue weighted by atomic mass is 10.1. The summed E-state index contributed by atoms with van der Waals surface area (Å²) in [5.74, 6) is 0.0719. The zero-order valence-corrected chi connectivity index (χ0v) is 14.9. The fourth-order valence-electron chi connectivity index (χ4n) is 2.00. The van der Waals surface area contributed by atoms with Crippen LogP contribution in [0.4, 0.5) is 17.1 Å². The number of allylic oxidation sites excluding steroid dienone is 1. The second-order valence-corrected chi connectivity index (χ2v) is 5.99. The molecule has 2 rings (SSSR count). The van der Waals surface area contributed by atoms with Gasteiger partial charge in [0.2, 0.25) is 0 Å². The van der Waals surface area contributed by atoms with Crippen LogP contribution in [0.15, 0.2) is 53.2 Å². The minimum Gasteiger partial charge on any atom is -0.503 e. The molecule has 0 fully saturated rings. The number of ether oxygens (including phenoxy) is 1. The van der Waals surface area contributed by atoms with Gasteiger partial charge in [-0.15, -0.1) is 16.8 Å². The lowest BCUT2D eigenvalue weighted by Crippen LogP contribution is -1.89. The number of hydrogen-bond acceptors (Lipinski definition) is 6. The molecular formula is C16H14IN3O4. The van der Waals surface area contributed by atoms with Crippen LogP contribution in [0.1, 0.15) is 5.56 Å². The molecule has 0 spiro atoms. The van der Waals surface area contributed by atoms with Crippen molar-refractivity contribution in [3.05, 3.63) is 62.2 Å². The molecule has 7 nitrogen and oxygen atoms in total. The van der Waals surface area contributed by atoms with E-state index in [4.69, 9.17) is 4.74 Å². The first-order valence-corrected chi connectivity index (χ1v) is 7.90. The van der Waals surface area contributed by atoms with Crippen LogP contribution in [-0.2, 0) is 6.42 Å². The van der Waals surface area contributed by atoms with E-state index < -0.39 is 4.92 Å². The average molecular weight is 439 g/mol. The lowest BCUT2D eigenvalue weighted by molar-refractivity contribution is -0.384. The van der Waals surface area contributed by atoms with E-state index >= 15 is 0 Å². The molecule has 0 saturated carbocycles. The third-order valence-corrected chi connectivity index (χ3v) is 3.79. The minimum absolute atomic E-state index is 0.105. The van der Waals surface area contributed by atoms with Gasteiger partial charge in [-0.25, -0.2) is 0 Å². The quantitative estimate of drug-likeness (QED) is 0.224. The second kappa shape index (κ2) is 7.86. The summed E-state index contributed by atoms with van der Waals surface area (Å²) in [6.07, 6.45) is 2.26. The van der Waals surface area contributed by atoms with Crippen molar-refractivity contribution in [2.75, 3.05) is 7.11 Å². The molecule has 8 heteroatoms. The average Bonchev–Trinajstić information content (AvgIpc) is 2.55. The molecule has 2 aromatic carbocycles. The summed E-state index contributed by atoms with van der Waals surface area (Å²) in [7, 11) is 1.43. The van der Waals surface area contributed by atoms with Crippen LogP contribution in [0.25, 0.3) is 0 Å². The normalized spacial score (nSPS) is 10.8. The smallest absolute Gasteiger partial charge is 0.297 e. The van der Waals surface area contributed by atoms with Crippen LogP contribution in [0.5, 0.6) is 11.5 Å². The fraction of sp³-hybridized carbons (Fsp3) is 0.125. The highest BCUT2D eigenvalue weighted by Gasteiger charge is 2.15. The number of nitro groups is 1. The molecule has 0 aromatic heterocycles. The molecule has 24 heavy (non-hydrogen) atoms. The molecule has 0 radical (unpaired) electrons. The van der Waals surface area contributed by atoms with E-state index in [1.807, 2.05) is 22.6 Å². The van der Waals surface area contributed by atoms with Gasteiger partial charge in [0.1, 0.15) is 5.69 Å². The Bertz CT molecular complexity index is 821. The maximum absolute atomic E-state index is 11.1. The highest BCUT2D eigenvalue weighted by molar-refractivity contribution is 14.1.